The van der Waals surface area contributed by atoms with Gasteiger partial charge in [0, 0.05) is 17.4 Å². The van der Waals surface area contributed by atoms with Gasteiger partial charge in [0.2, 0.25) is 0 Å². The predicted octanol–water partition coefficient (Wildman–Crippen LogP) is 3.88. The topological polar surface area (TPSA) is 18.5 Å². The second kappa shape index (κ2) is 3.43. The van der Waals surface area contributed by atoms with Gasteiger partial charge in [0.05, 0.1) is 11.7 Å². The highest BCUT2D eigenvalue weighted by Gasteiger charge is 2.55. The van der Waals surface area contributed by atoms with Crippen molar-refractivity contribution < 1.29 is 9.47 Å². The molecule has 4 rings (SSSR count). The molecule has 2 heterocycles. The van der Waals surface area contributed by atoms with Gasteiger partial charge in [-0.05, 0) is 39.3 Å². The molecule has 0 N–H and O–H groups in total. The number of para-hydroxylation sites is 1. The van der Waals surface area contributed by atoms with E-state index in [9.17, 15) is 0 Å². The third kappa shape index (κ3) is 1.47. The maximum absolute atomic E-state index is 6.47. The average Bonchev–Trinajstić information content (AvgIpc) is 2.36. The van der Waals surface area contributed by atoms with Crippen LogP contribution in [0.15, 0.2) is 36.4 Å². The Bertz CT molecular complexity index is 560. The number of benzene rings is 1. The van der Waals surface area contributed by atoms with Crippen molar-refractivity contribution in [2.24, 2.45) is 11.8 Å². The first-order valence-electron chi connectivity index (χ1n) is 7.15. The minimum atomic E-state index is -0.216. The van der Waals surface area contributed by atoms with E-state index in [1.165, 1.54) is 5.56 Å². The van der Waals surface area contributed by atoms with E-state index < -0.39 is 0 Å². The van der Waals surface area contributed by atoms with E-state index in [2.05, 4.69) is 51.1 Å². The Labute approximate surface area is 114 Å². The Morgan fingerprint density at radius 2 is 1.95 bits per heavy atom. The van der Waals surface area contributed by atoms with Crippen LogP contribution in [0.3, 0.4) is 0 Å². The molecular weight excluding hydrogens is 236 g/mol. The lowest BCUT2D eigenvalue weighted by Crippen LogP contribution is -2.56. The van der Waals surface area contributed by atoms with Crippen LogP contribution in [0.1, 0.15) is 38.9 Å². The largest absolute Gasteiger partial charge is 0.483 e. The third-order valence-electron chi connectivity index (χ3n) is 5.15. The Morgan fingerprint density at radius 3 is 2.79 bits per heavy atom. The zero-order valence-corrected chi connectivity index (χ0v) is 11.7. The van der Waals surface area contributed by atoms with Crippen molar-refractivity contribution in [1.82, 2.24) is 0 Å². The standard InChI is InChI=1S/C17H20O2/c1-16(2)11-8-9-17(3)13(10-11)15(19-16)12-6-4-5-7-14(12)18-17/h4-9,11,13,15H,10H2,1-3H3/t11-,13+,15+,17+/m0/s1. The molecule has 1 aliphatic carbocycles. The van der Waals surface area contributed by atoms with Gasteiger partial charge in [0.15, 0.2) is 0 Å². The fourth-order valence-electron chi connectivity index (χ4n) is 3.89. The Kier molecular flexibility index (Phi) is 2.08. The van der Waals surface area contributed by atoms with Crippen LogP contribution >= 0.6 is 0 Å². The van der Waals surface area contributed by atoms with Crippen LogP contribution in [0, 0.1) is 11.8 Å². The predicted molar refractivity (Wildman–Crippen MR) is 74.1 cm³/mol. The summed E-state index contributed by atoms with van der Waals surface area (Å²) < 4.78 is 12.7. The molecule has 2 bridgehead atoms. The number of rotatable bonds is 0. The van der Waals surface area contributed by atoms with Gasteiger partial charge in [0.25, 0.3) is 0 Å². The lowest BCUT2D eigenvalue weighted by atomic mass is 9.65. The van der Waals surface area contributed by atoms with E-state index in [0.29, 0.717) is 11.8 Å². The molecule has 2 heteroatoms. The minimum Gasteiger partial charge on any atom is -0.483 e. The first-order valence-corrected chi connectivity index (χ1v) is 7.15. The van der Waals surface area contributed by atoms with Crippen molar-refractivity contribution in [2.75, 3.05) is 0 Å². The van der Waals surface area contributed by atoms with Crippen LogP contribution in [0.25, 0.3) is 0 Å². The number of hydrogen-bond donors (Lipinski definition) is 0. The highest BCUT2D eigenvalue weighted by atomic mass is 16.5. The summed E-state index contributed by atoms with van der Waals surface area (Å²) in [5.41, 5.74) is 0.905. The summed E-state index contributed by atoms with van der Waals surface area (Å²) in [6, 6.07) is 8.31. The molecule has 0 amide bonds. The molecular formula is C17H20O2. The van der Waals surface area contributed by atoms with Crippen LogP contribution in [0.4, 0.5) is 0 Å². The summed E-state index contributed by atoms with van der Waals surface area (Å²) in [5.74, 6) is 1.90. The summed E-state index contributed by atoms with van der Waals surface area (Å²) in [6.45, 7) is 6.60. The second-order valence-corrected chi connectivity index (χ2v) is 6.77. The summed E-state index contributed by atoms with van der Waals surface area (Å²) in [7, 11) is 0. The molecule has 19 heavy (non-hydrogen) atoms. The van der Waals surface area contributed by atoms with Crippen molar-refractivity contribution in [3.8, 4) is 5.75 Å². The van der Waals surface area contributed by atoms with E-state index in [4.69, 9.17) is 9.47 Å². The third-order valence-corrected chi connectivity index (χ3v) is 5.15. The van der Waals surface area contributed by atoms with Gasteiger partial charge in [-0.2, -0.15) is 0 Å². The molecule has 0 radical (unpaired) electrons. The molecule has 4 atom stereocenters. The molecule has 2 aliphatic heterocycles. The van der Waals surface area contributed by atoms with E-state index in [0.717, 1.165) is 12.2 Å². The summed E-state index contributed by atoms with van der Waals surface area (Å²) in [6.07, 6.45) is 5.87. The molecule has 1 aromatic carbocycles. The first-order chi connectivity index (χ1) is 9.00. The molecule has 0 aromatic heterocycles. The van der Waals surface area contributed by atoms with Crippen molar-refractivity contribution in [3.05, 3.63) is 42.0 Å². The number of fused-ring (bicyclic) bond motifs is 3. The minimum absolute atomic E-state index is 0.0938. The Balaban J connectivity index is 1.91. The van der Waals surface area contributed by atoms with Crippen molar-refractivity contribution in [3.63, 3.8) is 0 Å². The molecule has 3 aliphatic rings. The zero-order valence-electron chi connectivity index (χ0n) is 11.7. The maximum atomic E-state index is 6.47. The first kappa shape index (κ1) is 11.5. The Morgan fingerprint density at radius 1 is 1.16 bits per heavy atom. The van der Waals surface area contributed by atoms with Crippen LogP contribution in [-0.4, -0.2) is 11.2 Å². The molecule has 2 nitrogen and oxygen atoms in total. The lowest BCUT2D eigenvalue weighted by molar-refractivity contribution is -0.202. The van der Waals surface area contributed by atoms with Crippen molar-refractivity contribution >= 4 is 0 Å². The highest BCUT2D eigenvalue weighted by Crippen LogP contribution is 2.57. The van der Waals surface area contributed by atoms with E-state index in [-0.39, 0.29) is 17.3 Å². The van der Waals surface area contributed by atoms with Crippen LogP contribution < -0.4 is 4.74 Å². The van der Waals surface area contributed by atoms with Crippen molar-refractivity contribution in [1.29, 1.82) is 0 Å². The molecule has 1 saturated heterocycles. The second-order valence-electron chi connectivity index (χ2n) is 6.77. The van der Waals surface area contributed by atoms with Crippen LogP contribution in [0.2, 0.25) is 0 Å². The fraction of sp³-hybridized carbons (Fsp3) is 0.529. The molecule has 0 saturated carbocycles. The van der Waals surface area contributed by atoms with Gasteiger partial charge in [-0.1, -0.05) is 24.3 Å². The van der Waals surface area contributed by atoms with Gasteiger partial charge in [-0.25, -0.2) is 0 Å². The fourth-order valence-corrected chi connectivity index (χ4v) is 3.89. The lowest BCUT2D eigenvalue weighted by Gasteiger charge is -2.56. The van der Waals surface area contributed by atoms with Gasteiger partial charge in [0.1, 0.15) is 11.4 Å². The number of ether oxygens (including phenoxy) is 2. The normalized spacial score (nSPS) is 41.3. The highest BCUT2D eigenvalue weighted by molar-refractivity contribution is 5.41. The van der Waals surface area contributed by atoms with Gasteiger partial charge < -0.3 is 9.47 Å². The van der Waals surface area contributed by atoms with E-state index >= 15 is 0 Å². The summed E-state index contributed by atoms with van der Waals surface area (Å²) in [5, 5.41) is 0. The molecule has 100 valence electrons. The maximum Gasteiger partial charge on any atom is 0.130 e. The average molecular weight is 256 g/mol. The van der Waals surface area contributed by atoms with Gasteiger partial charge in [-0.3, -0.25) is 0 Å². The van der Waals surface area contributed by atoms with Crippen molar-refractivity contribution in [2.45, 2.75) is 44.5 Å². The van der Waals surface area contributed by atoms with E-state index in [1.807, 2.05) is 6.07 Å². The Hall–Kier alpha value is -1.28. The summed E-state index contributed by atoms with van der Waals surface area (Å²) in [4.78, 5) is 0. The molecule has 0 unspecified atom stereocenters. The zero-order chi connectivity index (χ0) is 13.3. The summed E-state index contributed by atoms with van der Waals surface area (Å²) >= 11 is 0. The SMILES string of the molecule is CC1(C)O[C@@H]2c3ccccc3O[C@]3(C)C=C[C@H]1C[C@H]23. The quantitative estimate of drug-likeness (QED) is 0.656. The van der Waals surface area contributed by atoms with E-state index in [1.54, 1.807) is 0 Å². The van der Waals surface area contributed by atoms with Gasteiger partial charge >= 0.3 is 0 Å². The van der Waals surface area contributed by atoms with Crippen LogP contribution in [0.5, 0.6) is 5.75 Å². The van der Waals surface area contributed by atoms with Gasteiger partial charge in [-0.15, -0.1) is 0 Å². The molecule has 1 aromatic rings. The van der Waals surface area contributed by atoms with Crippen LogP contribution in [-0.2, 0) is 4.74 Å². The molecule has 1 fully saturated rings. The monoisotopic (exact) mass is 256 g/mol. The smallest absolute Gasteiger partial charge is 0.130 e. The molecule has 0 spiro atoms. The number of hydrogen-bond acceptors (Lipinski definition) is 2.